The van der Waals surface area contributed by atoms with Gasteiger partial charge in [0.2, 0.25) is 0 Å². The minimum atomic E-state index is -4.38. The zero-order valence-corrected chi connectivity index (χ0v) is 24.0. The van der Waals surface area contributed by atoms with Gasteiger partial charge in [-0.15, -0.1) is 0 Å². The lowest BCUT2D eigenvalue weighted by Crippen LogP contribution is -2.43. The second-order valence-electron chi connectivity index (χ2n) is 9.89. The average Bonchev–Trinajstić information content (AvgIpc) is 3.08. The van der Waals surface area contributed by atoms with Crippen molar-refractivity contribution in [2.24, 2.45) is 0 Å². The zero-order chi connectivity index (χ0) is 29.8. The fraction of sp³-hybridized carbons (Fsp3) is 0.500. The van der Waals surface area contributed by atoms with E-state index in [1.165, 1.54) is 6.92 Å². The van der Waals surface area contributed by atoms with Gasteiger partial charge in [-0.1, -0.05) is 18.2 Å². The summed E-state index contributed by atoms with van der Waals surface area (Å²) >= 11 is 0. The van der Waals surface area contributed by atoms with Crippen LogP contribution in [0.15, 0.2) is 46.1 Å². The number of benzene rings is 1. The van der Waals surface area contributed by atoms with Crippen LogP contribution in [-0.4, -0.2) is 57.3 Å². The Morgan fingerprint density at radius 1 is 1.32 bits per heavy atom. The first-order valence-electron chi connectivity index (χ1n) is 12.7. The molecule has 1 aromatic carbocycles. The number of ether oxygens (including phenoxy) is 2. The SMILES string of the molecule is C/C=C/c1ccc(OP(=O)(N[C@@H](C)C(=O)OC(C)C)OC[C@H]2O[C@@H](n3ccc(=O)[nH]c3=O)[C@](C)(F)[C@@H]2O)c(C)c1. The maximum Gasteiger partial charge on any atom is 0.459 e. The molecule has 1 fully saturated rings. The number of esters is 1. The largest absolute Gasteiger partial charge is 0.462 e. The third-order valence-electron chi connectivity index (χ3n) is 6.06. The highest BCUT2D eigenvalue weighted by atomic mass is 31.2. The number of nitrogens with one attached hydrogen (secondary N) is 2. The number of nitrogens with zero attached hydrogens (tertiary/aromatic N) is 1. The van der Waals surface area contributed by atoms with E-state index in [0.29, 0.717) is 5.56 Å². The number of rotatable bonds is 11. The Bertz CT molecular complexity index is 1400. The first-order chi connectivity index (χ1) is 18.7. The molecule has 1 aromatic heterocycles. The number of aromatic nitrogens is 2. The normalized spacial score (nSPS) is 25.2. The van der Waals surface area contributed by atoms with Crippen LogP contribution in [0.3, 0.4) is 0 Å². The number of allylic oxidation sites excluding steroid dienone is 1. The van der Waals surface area contributed by atoms with Crippen LogP contribution in [-0.2, 0) is 23.4 Å². The van der Waals surface area contributed by atoms with Crippen molar-refractivity contribution in [1.82, 2.24) is 14.6 Å². The Labute approximate surface area is 230 Å². The van der Waals surface area contributed by atoms with Gasteiger partial charge < -0.3 is 19.1 Å². The molecule has 0 radical (unpaired) electrons. The molecule has 1 aliphatic rings. The molecule has 40 heavy (non-hydrogen) atoms. The molecule has 0 saturated carbocycles. The number of hydrogen-bond donors (Lipinski definition) is 3. The van der Waals surface area contributed by atoms with Gasteiger partial charge in [0, 0.05) is 12.3 Å². The summed E-state index contributed by atoms with van der Waals surface area (Å²) in [6.45, 7) is 8.68. The molecule has 1 saturated heterocycles. The summed E-state index contributed by atoms with van der Waals surface area (Å²) in [4.78, 5) is 38.1. The third-order valence-corrected chi connectivity index (χ3v) is 7.69. The first kappa shape index (κ1) is 31.4. The second-order valence-corrected chi connectivity index (χ2v) is 11.6. The highest BCUT2D eigenvalue weighted by molar-refractivity contribution is 7.52. The number of aliphatic hydroxyl groups is 1. The van der Waals surface area contributed by atoms with Gasteiger partial charge in [0.05, 0.1) is 12.7 Å². The topological polar surface area (TPSA) is 158 Å². The average molecular weight is 584 g/mol. The van der Waals surface area contributed by atoms with Crippen molar-refractivity contribution in [2.45, 2.75) is 77.8 Å². The Balaban J connectivity index is 1.86. The van der Waals surface area contributed by atoms with E-state index in [2.05, 4.69) is 5.09 Å². The zero-order valence-electron chi connectivity index (χ0n) is 23.1. The Kier molecular flexibility index (Phi) is 9.91. The molecule has 0 spiro atoms. The van der Waals surface area contributed by atoms with E-state index in [-0.39, 0.29) is 5.75 Å². The van der Waals surface area contributed by atoms with Gasteiger partial charge in [-0.25, -0.2) is 13.8 Å². The molecular formula is C26H35FN3O9P. The van der Waals surface area contributed by atoms with E-state index in [1.54, 1.807) is 39.0 Å². The van der Waals surface area contributed by atoms with Crippen LogP contribution >= 0.6 is 7.75 Å². The third kappa shape index (κ3) is 7.35. The smallest absolute Gasteiger partial charge is 0.459 e. The van der Waals surface area contributed by atoms with Gasteiger partial charge >= 0.3 is 19.4 Å². The monoisotopic (exact) mass is 583 g/mol. The minimum absolute atomic E-state index is 0.189. The molecule has 2 heterocycles. The minimum Gasteiger partial charge on any atom is -0.462 e. The van der Waals surface area contributed by atoms with Crippen LogP contribution in [0.5, 0.6) is 5.75 Å². The fourth-order valence-electron chi connectivity index (χ4n) is 4.05. The van der Waals surface area contributed by atoms with E-state index in [9.17, 15) is 24.1 Å². The highest BCUT2D eigenvalue weighted by Crippen LogP contribution is 2.48. The summed E-state index contributed by atoms with van der Waals surface area (Å²) < 4.78 is 52.4. The van der Waals surface area contributed by atoms with Gasteiger partial charge in [-0.05, 0) is 64.8 Å². The highest BCUT2D eigenvalue weighted by Gasteiger charge is 2.56. The van der Waals surface area contributed by atoms with E-state index in [1.807, 2.05) is 24.1 Å². The predicted molar refractivity (Wildman–Crippen MR) is 145 cm³/mol. The van der Waals surface area contributed by atoms with Crippen LogP contribution in [0.25, 0.3) is 6.08 Å². The van der Waals surface area contributed by atoms with Crippen molar-refractivity contribution >= 4 is 19.8 Å². The molecular weight excluding hydrogens is 548 g/mol. The number of carbonyl (C=O) groups is 1. The Morgan fingerprint density at radius 3 is 2.62 bits per heavy atom. The number of hydrogen-bond acceptors (Lipinski definition) is 9. The lowest BCUT2D eigenvalue weighted by atomic mass is 9.98. The molecule has 0 aliphatic carbocycles. The molecule has 3 rings (SSSR count). The summed E-state index contributed by atoms with van der Waals surface area (Å²) in [5.41, 5.74) is -2.64. The maximum absolute atomic E-state index is 15.6. The summed E-state index contributed by atoms with van der Waals surface area (Å²) in [7, 11) is -4.38. The lowest BCUT2D eigenvalue weighted by molar-refractivity contribution is -0.149. The molecule has 220 valence electrons. The molecule has 6 atom stereocenters. The van der Waals surface area contributed by atoms with Crippen LogP contribution in [0.4, 0.5) is 4.39 Å². The number of carbonyl (C=O) groups excluding carboxylic acids is 1. The second kappa shape index (κ2) is 12.6. The van der Waals surface area contributed by atoms with Gasteiger partial charge in [0.1, 0.15) is 24.0 Å². The molecule has 1 aliphatic heterocycles. The van der Waals surface area contributed by atoms with Crippen molar-refractivity contribution in [3.63, 3.8) is 0 Å². The van der Waals surface area contributed by atoms with Crippen LogP contribution in [0.1, 0.15) is 52.0 Å². The van der Waals surface area contributed by atoms with Crippen molar-refractivity contribution in [1.29, 1.82) is 0 Å². The number of halogens is 1. The van der Waals surface area contributed by atoms with E-state index in [0.717, 1.165) is 29.3 Å². The number of aliphatic hydroxyl groups excluding tert-OH is 1. The van der Waals surface area contributed by atoms with Crippen molar-refractivity contribution in [3.8, 4) is 5.75 Å². The summed E-state index contributed by atoms with van der Waals surface area (Å²) in [6.07, 6.45) is -0.536. The van der Waals surface area contributed by atoms with E-state index >= 15 is 4.39 Å². The first-order valence-corrected chi connectivity index (χ1v) is 14.2. The number of H-pyrrole nitrogens is 1. The lowest BCUT2D eigenvalue weighted by Gasteiger charge is -2.26. The van der Waals surface area contributed by atoms with Gasteiger partial charge in [0.15, 0.2) is 11.9 Å². The van der Waals surface area contributed by atoms with E-state index in [4.69, 9.17) is 18.5 Å². The van der Waals surface area contributed by atoms with Gasteiger partial charge in [-0.2, -0.15) is 5.09 Å². The van der Waals surface area contributed by atoms with E-state index < -0.39 is 67.8 Å². The number of alkyl halides is 1. The molecule has 14 heteroatoms. The summed E-state index contributed by atoms with van der Waals surface area (Å²) in [5, 5.41) is 13.2. The molecule has 0 amide bonds. The molecule has 3 N–H and O–H groups in total. The fourth-order valence-corrected chi connectivity index (χ4v) is 5.62. The molecule has 2 aromatic rings. The molecule has 0 bridgehead atoms. The number of aromatic amines is 1. The quantitative estimate of drug-likeness (QED) is 0.265. The molecule has 1 unspecified atom stereocenters. The van der Waals surface area contributed by atoms with Crippen LogP contribution in [0.2, 0.25) is 0 Å². The van der Waals surface area contributed by atoms with Gasteiger partial charge in [-0.3, -0.25) is 23.7 Å². The van der Waals surface area contributed by atoms with Crippen molar-refractivity contribution in [3.05, 3.63) is 68.5 Å². The number of aryl methyl sites for hydroxylation is 1. The standard InChI is InChI=1S/C26H35FN3O9P/c1-7-8-18-9-10-19(16(4)13-18)39-40(35,29-17(5)23(33)37-15(2)3)36-14-20-22(32)26(6,27)24(38-20)30-12-11-21(31)28-25(30)34/h7-13,15,17,20,22,24,32H,14H2,1-6H3,(H,29,35)(H,28,31,34)/b8-7+/t17-,20+,22+,24+,26+,40?/m0/s1. The Hall–Kier alpha value is -3.09. The summed E-state index contributed by atoms with van der Waals surface area (Å²) in [6, 6.07) is 4.97. The van der Waals surface area contributed by atoms with Crippen LogP contribution < -0.4 is 20.9 Å². The predicted octanol–water partition coefficient (Wildman–Crippen LogP) is 3.00. The Morgan fingerprint density at radius 2 is 2.02 bits per heavy atom. The van der Waals surface area contributed by atoms with Gasteiger partial charge in [0.25, 0.3) is 5.56 Å². The van der Waals surface area contributed by atoms with Crippen molar-refractivity contribution < 1.29 is 37.4 Å². The maximum atomic E-state index is 15.6. The van der Waals surface area contributed by atoms with Crippen molar-refractivity contribution in [2.75, 3.05) is 6.61 Å². The molecule has 12 nitrogen and oxygen atoms in total. The summed E-state index contributed by atoms with van der Waals surface area (Å²) in [5.74, 6) is -0.525. The van der Waals surface area contributed by atoms with Crippen LogP contribution in [0, 0.1) is 6.92 Å².